The Balaban J connectivity index is 1.76. The van der Waals surface area contributed by atoms with Crippen LogP contribution in [0.2, 0.25) is 0 Å². The van der Waals surface area contributed by atoms with E-state index in [1.807, 2.05) is 36.9 Å². The van der Waals surface area contributed by atoms with Crippen molar-refractivity contribution in [1.29, 1.82) is 0 Å². The largest absolute Gasteiger partial charge is 0.394 e. The van der Waals surface area contributed by atoms with Crippen molar-refractivity contribution in [2.45, 2.75) is 25.6 Å². The molecule has 0 spiro atoms. The lowest BCUT2D eigenvalue weighted by atomic mass is 9.99. The average Bonchev–Trinajstić information content (AvgIpc) is 3.09. The molecule has 1 aliphatic rings. The first-order valence-electron chi connectivity index (χ1n) is 9.16. The van der Waals surface area contributed by atoms with E-state index in [0.29, 0.717) is 18.8 Å². The molecular weight excluding hydrogens is 362 g/mol. The Kier molecular flexibility index (Phi) is 6.27. The van der Waals surface area contributed by atoms with E-state index >= 15 is 0 Å². The number of nitrogens with zero attached hydrogens (tertiary/aromatic N) is 3. The van der Waals surface area contributed by atoms with Crippen LogP contribution >= 0.6 is 0 Å². The van der Waals surface area contributed by atoms with Gasteiger partial charge in [-0.1, -0.05) is 12.1 Å². The molecule has 9 nitrogen and oxygen atoms in total. The van der Waals surface area contributed by atoms with E-state index in [-0.39, 0.29) is 25.2 Å². The molecule has 0 bridgehead atoms. The van der Waals surface area contributed by atoms with Gasteiger partial charge in [0.05, 0.1) is 19.2 Å². The minimum absolute atomic E-state index is 0.0650. The average molecular weight is 387 g/mol. The second kappa shape index (κ2) is 8.85. The SMILES string of the molecule is CCNC(=O)Nc1ccc(C2OCC(=O)N(Cc3nccn3C)C2CO)cc1. The van der Waals surface area contributed by atoms with Gasteiger partial charge in [0.2, 0.25) is 5.91 Å². The van der Waals surface area contributed by atoms with Crippen LogP contribution in [0.25, 0.3) is 0 Å². The van der Waals surface area contributed by atoms with Crippen LogP contribution in [0.3, 0.4) is 0 Å². The van der Waals surface area contributed by atoms with E-state index in [4.69, 9.17) is 4.74 Å². The molecule has 1 aromatic heterocycles. The van der Waals surface area contributed by atoms with Crippen molar-refractivity contribution in [1.82, 2.24) is 19.8 Å². The number of morpholine rings is 1. The van der Waals surface area contributed by atoms with Crippen molar-refractivity contribution in [2.75, 3.05) is 25.1 Å². The summed E-state index contributed by atoms with van der Waals surface area (Å²) in [5.74, 6) is 0.543. The number of aromatic nitrogens is 2. The van der Waals surface area contributed by atoms with Crippen molar-refractivity contribution < 1.29 is 19.4 Å². The van der Waals surface area contributed by atoms with Crippen molar-refractivity contribution in [3.63, 3.8) is 0 Å². The molecule has 1 fully saturated rings. The highest BCUT2D eigenvalue weighted by atomic mass is 16.5. The molecule has 1 aliphatic heterocycles. The van der Waals surface area contributed by atoms with Gasteiger partial charge in [0, 0.05) is 31.7 Å². The Morgan fingerprint density at radius 3 is 2.71 bits per heavy atom. The number of aliphatic hydroxyl groups excluding tert-OH is 1. The van der Waals surface area contributed by atoms with E-state index in [9.17, 15) is 14.7 Å². The zero-order valence-corrected chi connectivity index (χ0v) is 16.0. The Morgan fingerprint density at radius 2 is 2.11 bits per heavy atom. The number of amides is 3. The summed E-state index contributed by atoms with van der Waals surface area (Å²) in [6, 6.07) is 6.38. The lowest BCUT2D eigenvalue weighted by molar-refractivity contribution is -0.162. The number of nitrogens with one attached hydrogen (secondary N) is 2. The second-order valence-electron chi connectivity index (χ2n) is 6.56. The summed E-state index contributed by atoms with van der Waals surface area (Å²) >= 11 is 0. The second-order valence-corrected chi connectivity index (χ2v) is 6.56. The number of aliphatic hydroxyl groups is 1. The molecule has 2 heterocycles. The van der Waals surface area contributed by atoms with Crippen molar-refractivity contribution >= 4 is 17.6 Å². The third kappa shape index (κ3) is 4.32. The maximum Gasteiger partial charge on any atom is 0.319 e. The first-order chi connectivity index (χ1) is 13.5. The molecular formula is C19H25N5O4. The van der Waals surface area contributed by atoms with E-state index in [1.165, 1.54) is 0 Å². The molecule has 150 valence electrons. The molecule has 1 aromatic carbocycles. The highest BCUT2D eigenvalue weighted by molar-refractivity contribution is 5.89. The van der Waals surface area contributed by atoms with Gasteiger partial charge >= 0.3 is 6.03 Å². The molecule has 0 saturated carbocycles. The van der Waals surface area contributed by atoms with Gasteiger partial charge in [0.15, 0.2) is 0 Å². The molecule has 2 aromatic rings. The van der Waals surface area contributed by atoms with Gasteiger partial charge in [-0.05, 0) is 24.6 Å². The summed E-state index contributed by atoms with van der Waals surface area (Å²) in [7, 11) is 1.86. The van der Waals surface area contributed by atoms with Crippen LogP contribution in [0.4, 0.5) is 10.5 Å². The number of urea groups is 1. The molecule has 1 saturated heterocycles. The number of rotatable bonds is 6. The van der Waals surface area contributed by atoms with Crippen LogP contribution in [-0.2, 0) is 23.1 Å². The predicted octanol–water partition coefficient (Wildman–Crippen LogP) is 1.02. The van der Waals surface area contributed by atoms with Crippen LogP contribution in [-0.4, -0.2) is 57.3 Å². The monoisotopic (exact) mass is 387 g/mol. The highest BCUT2D eigenvalue weighted by Gasteiger charge is 2.37. The zero-order valence-electron chi connectivity index (χ0n) is 16.0. The maximum atomic E-state index is 12.4. The van der Waals surface area contributed by atoms with Gasteiger partial charge in [-0.25, -0.2) is 9.78 Å². The lowest BCUT2D eigenvalue weighted by Gasteiger charge is -2.40. The van der Waals surface area contributed by atoms with Crippen LogP contribution in [0.5, 0.6) is 0 Å². The highest BCUT2D eigenvalue weighted by Crippen LogP contribution is 2.30. The first-order valence-corrected chi connectivity index (χ1v) is 9.16. The lowest BCUT2D eigenvalue weighted by Crippen LogP contribution is -2.52. The van der Waals surface area contributed by atoms with E-state index in [2.05, 4.69) is 15.6 Å². The Bertz CT molecular complexity index is 820. The quantitative estimate of drug-likeness (QED) is 0.686. The standard InChI is InChI=1S/C19H25N5O4/c1-3-20-19(27)22-14-6-4-13(5-7-14)18-15(11-25)24(17(26)12-28-18)10-16-21-8-9-23(16)2/h4-9,15,18,25H,3,10-12H2,1-2H3,(H2,20,22,27). The molecule has 3 rings (SSSR count). The van der Waals surface area contributed by atoms with Crippen LogP contribution in [0.15, 0.2) is 36.7 Å². The number of hydrogen-bond donors (Lipinski definition) is 3. The summed E-state index contributed by atoms with van der Waals surface area (Å²) in [4.78, 5) is 29.9. The normalized spacial score (nSPS) is 19.5. The maximum absolute atomic E-state index is 12.4. The molecule has 2 atom stereocenters. The minimum Gasteiger partial charge on any atom is -0.394 e. The van der Waals surface area contributed by atoms with Crippen molar-refractivity contribution in [3.8, 4) is 0 Å². The van der Waals surface area contributed by atoms with Gasteiger partial charge in [0.25, 0.3) is 0 Å². The van der Waals surface area contributed by atoms with Gasteiger partial charge < -0.3 is 29.9 Å². The molecule has 3 amide bonds. The van der Waals surface area contributed by atoms with E-state index in [1.54, 1.807) is 23.2 Å². The molecule has 0 aliphatic carbocycles. The molecule has 9 heteroatoms. The number of anilines is 1. The van der Waals surface area contributed by atoms with Gasteiger partial charge in [-0.2, -0.15) is 0 Å². The number of imidazole rings is 1. The van der Waals surface area contributed by atoms with Gasteiger partial charge in [-0.15, -0.1) is 0 Å². The van der Waals surface area contributed by atoms with Gasteiger partial charge in [-0.3, -0.25) is 4.79 Å². The zero-order chi connectivity index (χ0) is 20.1. The topological polar surface area (TPSA) is 109 Å². The third-order valence-corrected chi connectivity index (χ3v) is 4.71. The third-order valence-electron chi connectivity index (χ3n) is 4.71. The number of ether oxygens (including phenoxy) is 1. The van der Waals surface area contributed by atoms with Crippen molar-refractivity contribution in [2.24, 2.45) is 7.05 Å². The number of benzene rings is 1. The summed E-state index contributed by atoms with van der Waals surface area (Å²) in [5, 5.41) is 15.4. The molecule has 2 unspecified atom stereocenters. The summed E-state index contributed by atoms with van der Waals surface area (Å²) in [5.41, 5.74) is 1.46. The predicted molar refractivity (Wildman–Crippen MR) is 102 cm³/mol. The fourth-order valence-corrected chi connectivity index (χ4v) is 3.21. The van der Waals surface area contributed by atoms with Crippen LogP contribution < -0.4 is 10.6 Å². The summed E-state index contributed by atoms with van der Waals surface area (Å²) < 4.78 is 7.58. The Labute approximate surface area is 163 Å². The molecule has 3 N–H and O–H groups in total. The van der Waals surface area contributed by atoms with E-state index in [0.717, 1.165) is 11.4 Å². The first kappa shape index (κ1) is 19.8. The van der Waals surface area contributed by atoms with Crippen LogP contribution in [0.1, 0.15) is 24.4 Å². The van der Waals surface area contributed by atoms with Crippen LogP contribution in [0, 0.1) is 0 Å². The fraction of sp³-hybridized carbons (Fsp3) is 0.421. The molecule has 0 radical (unpaired) electrons. The number of hydrogen-bond acceptors (Lipinski definition) is 5. The van der Waals surface area contributed by atoms with Crippen molar-refractivity contribution in [3.05, 3.63) is 48.0 Å². The number of carbonyl (C=O) groups excluding carboxylic acids is 2. The Morgan fingerprint density at radius 1 is 1.36 bits per heavy atom. The smallest absolute Gasteiger partial charge is 0.319 e. The summed E-state index contributed by atoms with van der Waals surface area (Å²) in [6.07, 6.45) is 3.01. The molecule has 28 heavy (non-hydrogen) atoms. The Hall–Kier alpha value is -2.91. The minimum atomic E-state index is -0.528. The number of carbonyl (C=O) groups is 2. The summed E-state index contributed by atoms with van der Waals surface area (Å²) in [6.45, 7) is 2.38. The van der Waals surface area contributed by atoms with Gasteiger partial charge in [0.1, 0.15) is 18.5 Å². The number of aryl methyl sites for hydroxylation is 1. The van der Waals surface area contributed by atoms with E-state index < -0.39 is 12.1 Å². The fourth-order valence-electron chi connectivity index (χ4n) is 3.21.